The van der Waals surface area contributed by atoms with Gasteiger partial charge in [0.1, 0.15) is 5.75 Å². The van der Waals surface area contributed by atoms with Gasteiger partial charge in [-0.05, 0) is 47.6 Å². The number of hydrogen-bond donors (Lipinski definition) is 1. The van der Waals surface area contributed by atoms with Crippen LogP contribution in [0.5, 0.6) is 5.75 Å². The highest BCUT2D eigenvalue weighted by Gasteiger charge is 2.18. The Balaban J connectivity index is 1.88. The maximum absolute atomic E-state index is 5.98. The number of anilines is 1. The third kappa shape index (κ3) is 4.52. The molecule has 0 amide bonds. The van der Waals surface area contributed by atoms with Gasteiger partial charge >= 0.3 is 0 Å². The lowest BCUT2D eigenvalue weighted by Gasteiger charge is -2.22. The summed E-state index contributed by atoms with van der Waals surface area (Å²) in [4.78, 5) is 0. The van der Waals surface area contributed by atoms with Crippen LogP contribution >= 0.6 is 0 Å². The topological polar surface area (TPSA) is 35.2 Å². The quantitative estimate of drug-likeness (QED) is 0.644. The largest absolute Gasteiger partial charge is 0.493 e. The van der Waals surface area contributed by atoms with Crippen molar-refractivity contribution in [2.45, 2.75) is 39.0 Å². The van der Waals surface area contributed by atoms with Crippen molar-refractivity contribution in [2.24, 2.45) is 0 Å². The summed E-state index contributed by atoms with van der Waals surface area (Å²) in [5.41, 5.74) is 9.17. The number of para-hydroxylation sites is 1. The molecule has 0 radical (unpaired) electrons. The Kier molecular flexibility index (Phi) is 4.89. The van der Waals surface area contributed by atoms with Crippen molar-refractivity contribution in [3.8, 4) is 5.75 Å². The summed E-state index contributed by atoms with van der Waals surface area (Å²) in [5.74, 6) is 1.00. The molecular weight excluding hydrogens is 258 g/mol. The van der Waals surface area contributed by atoms with E-state index in [9.17, 15) is 0 Å². The molecule has 0 fully saturated rings. The minimum absolute atomic E-state index is 0.105. The first-order chi connectivity index (χ1) is 9.97. The number of rotatable bonds is 5. The molecule has 2 aromatic rings. The van der Waals surface area contributed by atoms with Gasteiger partial charge in [0.05, 0.1) is 6.61 Å². The molecule has 0 unspecified atom stereocenters. The van der Waals surface area contributed by atoms with Crippen molar-refractivity contribution in [2.75, 3.05) is 12.3 Å². The minimum atomic E-state index is 0.105. The van der Waals surface area contributed by atoms with E-state index in [2.05, 4.69) is 51.1 Å². The first kappa shape index (κ1) is 15.4. The van der Waals surface area contributed by atoms with Gasteiger partial charge in [0.2, 0.25) is 0 Å². The summed E-state index contributed by atoms with van der Waals surface area (Å²) < 4.78 is 5.98. The molecule has 0 spiro atoms. The van der Waals surface area contributed by atoms with Crippen LogP contribution in [0.15, 0.2) is 48.5 Å². The van der Waals surface area contributed by atoms with Crippen LogP contribution in [-0.4, -0.2) is 6.61 Å². The summed E-state index contributed by atoms with van der Waals surface area (Å²) in [6.45, 7) is 7.37. The van der Waals surface area contributed by atoms with E-state index >= 15 is 0 Å². The fourth-order valence-corrected chi connectivity index (χ4v) is 2.35. The Labute approximate surface area is 127 Å². The highest BCUT2D eigenvalue weighted by Crippen LogP contribution is 2.30. The molecule has 2 heteroatoms. The Hall–Kier alpha value is -1.96. The normalized spacial score (nSPS) is 11.4. The lowest BCUT2D eigenvalue weighted by atomic mass is 9.86. The van der Waals surface area contributed by atoms with E-state index in [1.165, 1.54) is 11.1 Å². The predicted octanol–water partition coefficient (Wildman–Crippen LogP) is 4.58. The molecule has 0 aliphatic rings. The number of nitrogen functional groups attached to an aromatic ring is 1. The molecule has 0 aromatic heterocycles. The highest BCUT2D eigenvalue weighted by atomic mass is 16.5. The molecule has 2 nitrogen and oxygen atoms in total. The fourth-order valence-electron chi connectivity index (χ4n) is 2.35. The van der Waals surface area contributed by atoms with Crippen molar-refractivity contribution in [1.82, 2.24) is 0 Å². The summed E-state index contributed by atoms with van der Waals surface area (Å²) in [7, 11) is 0. The molecular formula is C19H25NO. The van der Waals surface area contributed by atoms with Crippen molar-refractivity contribution in [3.63, 3.8) is 0 Å². The van der Waals surface area contributed by atoms with Gasteiger partial charge in [-0.2, -0.15) is 0 Å². The summed E-state index contributed by atoms with van der Waals surface area (Å²) in [6.07, 6.45) is 2.01. The SMILES string of the molecule is CC(C)(C)c1ccccc1OCCCc1ccc(N)cc1. The molecule has 112 valence electrons. The van der Waals surface area contributed by atoms with E-state index in [4.69, 9.17) is 10.5 Å². The van der Waals surface area contributed by atoms with E-state index in [-0.39, 0.29) is 5.41 Å². The Bertz CT molecular complexity index is 567. The number of ether oxygens (including phenoxy) is 1. The third-order valence-electron chi connectivity index (χ3n) is 3.54. The molecule has 2 N–H and O–H groups in total. The second kappa shape index (κ2) is 6.66. The molecule has 0 saturated heterocycles. The highest BCUT2D eigenvalue weighted by molar-refractivity contribution is 5.39. The molecule has 2 rings (SSSR count). The van der Waals surface area contributed by atoms with Crippen molar-refractivity contribution in [1.29, 1.82) is 0 Å². The van der Waals surface area contributed by atoms with Gasteiger partial charge in [-0.1, -0.05) is 51.1 Å². The van der Waals surface area contributed by atoms with Crippen molar-refractivity contribution in [3.05, 3.63) is 59.7 Å². The molecule has 0 aliphatic carbocycles. The van der Waals surface area contributed by atoms with Gasteiger partial charge in [-0.15, -0.1) is 0 Å². The average Bonchev–Trinajstić information content (AvgIpc) is 2.45. The number of benzene rings is 2. The van der Waals surface area contributed by atoms with E-state index in [0.717, 1.165) is 30.9 Å². The molecule has 0 atom stereocenters. The van der Waals surface area contributed by atoms with E-state index in [0.29, 0.717) is 0 Å². The second-order valence-electron chi connectivity index (χ2n) is 6.44. The van der Waals surface area contributed by atoms with Gasteiger partial charge in [0.25, 0.3) is 0 Å². The van der Waals surface area contributed by atoms with Gasteiger partial charge < -0.3 is 10.5 Å². The fraction of sp³-hybridized carbons (Fsp3) is 0.368. The zero-order valence-corrected chi connectivity index (χ0v) is 13.2. The Morgan fingerprint density at radius 1 is 0.952 bits per heavy atom. The molecule has 2 aromatic carbocycles. The van der Waals surface area contributed by atoms with E-state index in [1.54, 1.807) is 0 Å². The van der Waals surface area contributed by atoms with Crippen LogP contribution in [-0.2, 0) is 11.8 Å². The van der Waals surface area contributed by atoms with Crippen LogP contribution in [0.3, 0.4) is 0 Å². The second-order valence-corrected chi connectivity index (χ2v) is 6.44. The first-order valence-corrected chi connectivity index (χ1v) is 7.53. The molecule has 0 heterocycles. The van der Waals surface area contributed by atoms with Crippen LogP contribution in [0.4, 0.5) is 5.69 Å². The zero-order valence-electron chi connectivity index (χ0n) is 13.2. The van der Waals surface area contributed by atoms with Crippen LogP contribution in [0, 0.1) is 0 Å². The minimum Gasteiger partial charge on any atom is -0.493 e. The van der Waals surface area contributed by atoms with Gasteiger partial charge in [-0.25, -0.2) is 0 Å². The van der Waals surface area contributed by atoms with Gasteiger partial charge in [-0.3, -0.25) is 0 Å². The van der Waals surface area contributed by atoms with Crippen molar-refractivity contribution < 1.29 is 4.74 Å². The lowest BCUT2D eigenvalue weighted by molar-refractivity contribution is 0.302. The lowest BCUT2D eigenvalue weighted by Crippen LogP contribution is -2.13. The summed E-state index contributed by atoms with van der Waals surface area (Å²) in [5, 5.41) is 0. The van der Waals surface area contributed by atoms with E-state index < -0.39 is 0 Å². The van der Waals surface area contributed by atoms with Gasteiger partial charge in [0, 0.05) is 5.69 Å². The monoisotopic (exact) mass is 283 g/mol. The van der Waals surface area contributed by atoms with Crippen LogP contribution in [0.25, 0.3) is 0 Å². The average molecular weight is 283 g/mol. The standard InChI is InChI=1S/C19H25NO/c1-19(2,3)17-8-4-5-9-18(17)21-14-6-7-15-10-12-16(20)13-11-15/h4-5,8-13H,6-7,14,20H2,1-3H3. The smallest absolute Gasteiger partial charge is 0.123 e. The number of hydrogen-bond acceptors (Lipinski definition) is 2. The van der Waals surface area contributed by atoms with Crippen LogP contribution in [0.1, 0.15) is 38.3 Å². The molecule has 0 aliphatic heterocycles. The maximum Gasteiger partial charge on any atom is 0.123 e. The van der Waals surface area contributed by atoms with Crippen molar-refractivity contribution >= 4 is 5.69 Å². The predicted molar refractivity (Wildman–Crippen MR) is 89.8 cm³/mol. The molecule has 0 saturated carbocycles. The summed E-state index contributed by atoms with van der Waals surface area (Å²) in [6, 6.07) is 16.4. The first-order valence-electron chi connectivity index (χ1n) is 7.53. The molecule has 0 bridgehead atoms. The van der Waals surface area contributed by atoms with E-state index in [1.807, 2.05) is 18.2 Å². The number of aryl methyl sites for hydroxylation is 1. The molecule has 21 heavy (non-hydrogen) atoms. The Morgan fingerprint density at radius 3 is 2.29 bits per heavy atom. The van der Waals surface area contributed by atoms with Crippen LogP contribution < -0.4 is 10.5 Å². The zero-order chi connectivity index (χ0) is 15.3. The third-order valence-corrected chi connectivity index (χ3v) is 3.54. The number of nitrogens with two attached hydrogens (primary N) is 1. The maximum atomic E-state index is 5.98. The Morgan fingerprint density at radius 2 is 1.62 bits per heavy atom. The summed E-state index contributed by atoms with van der Waals surface area (Å²) >= 11 is 0. The van der Waals surface area contributed by atoms with Crippen LogP contribution in [0.2, 0.25) is 0 Å². The van der Waals surface area contributed by atoms with Gasteiger partial charge in [0.15, 0.2) is 0 Å².